The van der Waals surface area contributed by atoms with Gasteiger partial charge in [0.25, 0.3) is 5.56 Å². The highest BCUT2D eigenvalue weighted by molar-refractivity contribution is 7.98. The summed E-state index contributed by atoms with van der Waals surface area (Å²) in [5.74, 6) is 2.66. The molecule has 0 saturated heterocycles. The zero-order chi connectivity index (χ0) is 18.4. The third-order valence-electron chi connectivity index (χ3n) is 4.17. The van der Waals surface area contributed by atoms with Gasteiger partial charge in [-0.3, -0.25) is 9.78 Å². The Balaban J connectivity index is 0. The predicted octanol–water partition coefficient (Wildman–Crippen LogP) is 3.40. The van der Waals surface area contributed by atoms with Crippen LogP contribution in [0.4, 0.5) is 0 Å². The van der Waals surface area contributed by atoms with Crippen LogP contribution in [0.1, 0.15) is 40.5 Å². The van der Waals surface area contributed by atoms with Gasteiger partial charge in [-0.1, -0.05) is 6.07 Å². The molecule has 168 valence electrons. The van der Waals surface area contributed by atoms with Crippen LogP contribution in [0.2, 0.25) is 0 Å². The minimum Gasteiger partial charge on any atom is -0.412 e. The van der Waals surface area contributed by atoms with Crippen molar-refractivity contribution in [1.82, 2.24) is 24.9 Å². The van der Waals surface area contributed by atoms with Crippen molar-refractivity contribution in [2.24, 2.45) is 0 Å². The third kappa shape index (κ3) is 9.06. The summed E-state index contributed by atoms with van der Waals surface area (Å²) in [6.45, 7) is 3.98. The van der Waals surface area contributed by atoms with Crippen molar-refractivity contribution in [3.63, 3.8) is 0 Å². The standard InChI is InChI=1S/C19H23N5OS.3ClH.H2O/c1-13-5-6-15(9-20-13)8-16-10-21-18(24-19(16)25)4-3-7-26-11-17-14(2)22-12-23-17;;;;/h5-6,9-10,12H,3-4,7-8,11H2,1-2H3,(H,22,23)(H,21,24,25);3*1H;1H2. The number of hydrogen-bond donors (Lipinski definition) is 2. The molecule has 3 aromatic rings. The molecule has 4 N–H and O–H groups in total. The monoisotopic (exact) mass is 495 g/mol. The first-order chi connectivity index (χ1) is 12.6. The summed E-state index contributed by atoms with van der Waals surface area (Å²) < 4.78 is 0. The summed E-state index contributed by atoms with van der Waals surface area (Å²) in [4.78, 5) is 31.2. The molecule has 0 unspecified atom stereocenters. The number of hydrogen-bond acceptors (Lipinski definition) is 5. The number of aryl methyl sites for hydroxylation is 3. The Hall–Kier alpha value is -1.58. The Morgan fingerprint density at radius 2 is 1.80 bits per heavy atom. The Bertz CT molecular complexity index is 919. The van der Waals surface area contributed by atoms with Crippen molar-refractivity contribution in [2.75, 3.05) is 5.75 Å². The summed E-state index contributed by atoms with van der Waals surface area (Å²) in [6, 6.07) is 3.95. The van der Waals surface area contributed by atoms with Gasteiger partial charge in [-0.15, -0.1) is 37.2 Å². The molecule has 3 heterocycles. The van der Waals surface area contributed by atoms with Crippen molar-refractivity contribution in [2.45, 2.75) is 38.9 Å². The number of thioether (sulfide) groups is 1. The maximum atomic E-state index is 12.3. The largest absolute Gasteiger partial charge is 0.412 e. The van der Waals surface area contributed by atoms with E-state index in [1.165, 1.54) is 0 Å². The summed E-state index contributed by atoms with van der Waals surface area (Å²) in [5.41, 5.74) is 4.83. The van der Waals surface area contributed by atoms with Crippen molar-refractivity contribution in [1.29, 1.82) is 0 Å². The molecule has 0 aliphatic heterocycles. The fraction of sp³-hybridized carbons (Fsp3) is 0.368. The number of halogens is 3. The molecule has 0 aliphatic carbocycles. The van der Waals surface area contributed by atoms with E-state index < -0.39 is 0 Å². The van der Waals surface area contributed by atoms with E-state index in [4.69, 9.17) is 0 Å². The average Bonchev–Trinajstić information content (AvgIpc) is 3.04. The Labute approximate surface area is 198 Å². The zero-order valence-corrected chi connectivity index (χ0v) is 20.1. The molecule has 0 amide bonds. The van der Waals surface area contributed by atoms with Crippen molar-refractivity contribution in [3.8, 4) is 0 Å². The minimum atomic E-state index is -0.0598. The summed E-state index contributed by atoms with van der Waals surface area (Å²) >= 11 is 1.85. The molecule has 3 aromatic heterocycles. The summed E-state index contributed by atoms with van der Waals surface area (Å²) in [5, 5.41) is 0. The van der Waals surface area contributed by atoms with E-state index in [1.54, 1.807) is 18.7 Å². The first kappa shape index (κ1) is 30.6. The number of aromatic amines is 2. The molecule has 0 saturated carbocycles. The van der Waals surface area contributed by atoms with Crippen LogP contribution in [0, 0.1) is 13.8 Å². The van der Waals surface area contributed by atoms with Gasteiger partial charge in [0, 0.05) is 47.9 Å². The second kappa shape index (κ2) is 15.3. The van der Waals surface area contributed by atoms with Crippen LogP contribution >= 0.6 is 49.0 Å². The molecular formula is C19H28Cl3N5O2S. The van der Waals surface area contributed by atoms with Crippen LogP contribution in [-0.4, -0.2) is 36.1 Å². The summed E-state index contributed by atoms with van der Waals surface area (Å²) in [7, 11) is 0. The number of nitrogens with zero attached hydrogens (tertiary/aromatic N) is 3. The van der Waals surface area contributed by atoms with Crippen LogP contribution < -0.4 is 5.56 Å². The first-order valence-corrected chi connectivity index (χ1v) is 9.82. The van der Waals surface area contributed by atoms with Gasteiger partial charge in [-0.2, -0.15) is 11.8 Å². The van der Waals surface area contributed by atoms with Crippen LogP contribution in [0.3, 0.4) is 0 Å². The van der Waals surface area contributed by atoms with Gasteiger partial charge in [-0.05, 0) is 37.7 Å². The molecule has 0 radical (unpaired) electrons. The van der Waals surface area contributed by atoms with Crippen molar-refractivity contribution in [3.05, 3.63) is 75.2 Å². The molecule has 0 atom stereocenters. The van der Waals surface area contributed by atoms with Gasteiger partial charge < -0.3 is 15.4 Å². The highest BCUT2D eigenvalue weighted by atomic mass is 35.5. The van der Waals surface area contributed by atoms with Crippen molar-refractivity contribution >= 4 is 49.0 Å². The number of imidazole rings is 1. The first-order valence-electron chi connectivity index (χ1n) is 8.67. The van der Waals surface area contributed by atoms with Gasteiger partial charge in [-0.25, -0.2) is 9.97 Å². The lowest BCUT2D eigenvalue weighted by Crippen LogP contribution is -2.16. The SMILES string of the molecule is Cc1ccc(Cc2cnc(CCCSCc3nc[nH]c3C)[nH]c2=O)cn1.Cl.Cl.Cl.O. The fourth-order valence-electron chi connectivity index (χ4n) is 2.58. The average molecular weight is 497 g/mol. The van der Waals surface area contributed by atoms with E-state index in [0.29, 0.717) is 12.0 Å². The molecule has 30 heavy (non-hydrogen) atoms. The molecule has 0 aliphatic rings. The van der Waals surface area contributed by atoms with Crippen LogP contribution in [0.5, 0.6) is 0 Å². The lowest BCUT2D eigenvalue weighted by atomic mass is 10.1. The highest BCUT2D eigenvalue weighted by Crippen LogP contribution is 2.14. The lowest BCUT2D eigenvalue weighted by molar-refractivity contribution is 0.821. The van der Waals surface area contributed by atoms with E-state index in [0.717, 1.165) is 52.8 Å². The van der Waals surface area contributed by atoms with Crippen LogP contribution in [0.15, 0.2) is 35.6 Å². The smallest absolute Gasteiger partial charge is 0.254 e. The second-order valence-electron chi connectivity index (χ2n) is 6.30. The number of aromatic nitrogens is 5. The van der Waals surface area contributed by atoms with Gasteiger partial charge >= 0.3 is 0 Å². The fourth-order valence-corrected chi connectivity index (χ4v) is 3.55. The molecule has 7 nitrogen and oxygen atoms in total. The highest BCUT2D eigenvalue weighted by Gasteiger charge is 2.05. The van der Waals surface area contributed by atoms with Gasteiger partial charge in [0.05, 0.1) is 12.0 Å². The zero-order valence-electron chi connectivity index (χ0n) is 16.8. The van der Waals surface area contributed by atoms with E-state index in [1.807, 2.05) is 37.7 Å². The number of H-pyrrole nitrogens is 2. The lowest BCUT2D eigenvalue weighted by Gasteiger charge is -2.04. The van der Waals surface area contributed by atoms with Gasteiger partial charge in [0.15, 0.2) is 0 Å². The topological polar surface area (TPSA) is 119 Å². The predicted molar refractivity (Wildman–Crippen MR) is 130 cm³/mol. The molecule has 3 rings (SSSR count). The Morgan fingerprint density at radius 3 is 2.40 bits per heavy atom. The maximum Gasteiger partial charge on any atom is 0.254 e. The Kier molecular flexibility index (Phi) is 15.6. The molecule has 0 fully saturated rings. The van der Waals surface area contributed by atoms with Gasteiger partial charge in [0.2, 0.25) is 0 Å². The Morgan fingerprint density at radius 1 is 1.03 bits per heavy atom. The quantitative estimate of drug-likeness (QED) is 0.463. The minimum absolute atomic E-state index is 0. The number of rotatable bonds is 8. The summed E-state index contributed by atoms with van der Waals surface area (Å²) in [6.07, 6.45) is 7.52. The second-order valence-corrected chi connectivity index (χ2v) is 7.40. The van der Waals surface area contributed by atoms with Crippen molar-refractivity contribution < 1.29 is 5.48 Å². The maximum absolute atomic E-state index is 12.3. The van der Waals surface area contributed by atoms with E-state index in [9.17, 15) is 4.79 Å². The molecular weight excluding hydrogens is 469 g/mol. The molecule has 0 bridgehead atoms. The molecule has 0 spiro atoms. The normalized spacial score (nSPS) is 9.53. The molecule has 0 aromatic carbocycles. The molecule has 11 heteroatoms. The number of nitrogens with one attached hydrogen (secondary N) is 2. The third-order valence-corrected chi connectivity index (χ3v) is 5.22. The van der Waals surface area contributed by atoms with E-state index in [2.05, 4.69) is 24.9 Å². The number of pyridine rings is 1. The van der Waals surface area contributed by atoms with Gasteiger partial charge in [0.1, 0.15) is 5.82 Å². The van der Waals surface area contributed by atoms with E-state index >= 15 is 0 Å². The van der Waals surface area contributed by atoms with Crippen LogP contribution in [-0.2, 0) is 18.6 Å². The van der Waals surface area contributed by atoms with E-state index in [-0.39, 0.29) is 48.3 Å². The van der Waals surface area contributed by atoms with Crippen LogP contribution in [0.25, 0.3) is 0 Å².